The average Bonchev–Trinajstić information content (AvgIpc) is 2.37. The zero-order valence-corrected chi connectivity index (χ0v) is 11.3. The molecule has 5 heteroatoms. The van der Waals surface area contributed by atoms with Gasteiger partial charge in [0, 0.05) is 51.6 Å². The third kappa shape index (κ3) is 5.03. The summed E-state index contributed by atoms with van der Waals surface area (Å²) in [4.78, 5) is 16.1. The summed E-state index contributed by atoms with van der Waals surface area (Å²) < 4.78 is 0. The third-order valence-electron chi connectivity index (χ3n) is 3.36. The van der Waals surface area contributed by atoms with E-state index in [4.69, 9.17) is 11.0 Å². The quantitative estimate of drug-likeness (QED) is 0.749. The second-order valence-corrected chi connectivity index (χ2v) is 4.88. The van der Waals surface area contributed by atoms with Crippen LogP contribution in [0.25, 0.3) is 0 Å². The molecule has 1 atom stereocenters. The Labute approximate surface area is 110 Å². The van der Waals surface area contributed by atoms with Crippen molar-refractivity contribution in [2.24, 2.45) is 5.73 Å². The van der Waals surface area contributed by atoms with Crippen LogP contribution in [-0.4, -0.2) is 54.5 Å². The monoisotopic (exact) mass is 252 g/mol. The van der Waals surface area contributed by atoms with Crippen molar-refractivity contribution in [2.45, 2.75) is 38.6 Å². The average molecular weight is 252 g/mol. The topological polar surface area (TPSA) is 73.4 Å². The number of piperazine rings is 1. The van der Waals surface area contributed by atoms with E-state index in [0.29, 0.717) is 12.8 Å². The van der Waals surface area contributed by atoms with Crippen molar-refractivity contribution in [3.05, 3.63) is 0 Å². The van der Waals surface area contributed by atoms with E-state index in [1.807, 2.05) is 4.90 Å². The number of hydrogen-bond acceptors (Lipinski definition) is 4. The highest BCUT2D eigenvalue weighted by molar-refractivity contribution is 5.76. The summed E-state index contributed by atoms with van der Waals surface area (Å²) in [5.74, 6) is 0.177. The summed E-state index contributed by atoms with van der Waals surface area (Å²) >= 11 is 0. The molecule has 0 aliphatic carbocycles. The minimum atomic E-state index is -0.000816. The molecule has 2 N–H and O–H groups in total. The maximum atomic E-state index is 12.0. The fourth-order valence-electron chi connectivity index (χ4n) is 2.26. The number of nitrogens with two attached hydrogens (primary N) is 1. The molecule has 1 rings (SSSR count). The van der Waals surface area contributed by atoms with Crippen LogP contribution in [0, 0.1) is 11.3 Å². The van der Waals surface area contributed by atoms with Gasteiger partial charge < -0.3 is 10.6 Å². The first-order valence-corrected chi connectivity index (χ1v) is 6.80. The number of carbonyl (C=O) groups is 1. The van der Waals surface area contributed by atoms with Gasteiger partial charge in [-0.05, 0) is 6.42 Å². The lowest BCUT2D eigenvalue weighted by Crippen LogP contribution is -2.49. The third-order valence-corrected chi connectivity index (χ3v) is 3.36. The van der Waals surface area contributed by atoms with Crippen molar-refractivity contribution in [1.82, 2.24) is 9.80 Å². The molecule has 0 bridgehead atoms. The van der Waals surface area contributed by atoms with Gasteiger partial charge in [0.2, 0.25) is 5.91 Å². The Balaban J connectivity index is 2.25. The van der Waals surface area contributed by atoms with Crippen LogP contribution in [0.15, 0.2) is 0 Å². The molecule has 1 heterocycles. The minimum absolute atomic E-state index is 0.000816. The zero-order valence-electron chi connectivity index (χ0n) is 11.3. The lowest BCUT2D eigenvalue weighted by atomic mass is 10.1. The van der Waals surface area contributed by atoms with Crippen molar-refractivity contribution in [3.8, 4) is 6.07 Å². The first-order valence-electron chi connectivity index (χ1n) is 6.80. The van der Waals surface area contributed by atoms with Gasteiger partial charge in [-0.25, -0.2) is 0 Å². The molecule has 1 aliphatic heterocycles. The molecule has 1 aliphatic rings. The smallest absolute Gasteiger partial charge is 0.224 e. The van der Waals surface area contributed by atoms with Crippen LogP contribution in [0.4, 0.5) is 0 Å². The van der Waals surface area contributed by atoms with Gasteiger partial charge >= 0.3 is 0 Å². The van der Waals surface area contributed by atoms with E-state index >= 15 is 0 Å². The fourth-order valence-corrected chi connectivity index (χ4v) is 2.26. The first kappa shape index (κ1) is 14.9. The Morgan fingerprint density at radius 1 is 1.39 bits per heavy atom. The Morgan fingerprint density at radius 3 is 2.61 bits per heavy atom. The van der Waals surface area contributed by atoms with Gasteiger partial charge in [0.15, 0.2) is 0 Å². The van der Waals surface area contributed by atoms with Crippen molar-refractivity contribution in [1.29, 1.82) is 5.26 Å². The van der Waals surface area contributed by atoms with Crippen LogP contribution in [0.2, 0.25) is 0 Å². The summed E-state index contributed by atoms with van der Waals surface area (Å²) in [6.07, 6.45) is 2.96. The van der Waals surface area contributed by atoms with Crippen LogP contribution in [0.3, 0.4) is 0 Å². The molecule has 1 unspecified atom stereocenters. The maximum absolute atomic E-state index is 12.0. The van der Waals surface area contributed by atoms with E-state index in [1.54, 1.807) is 0 Å². The molecular weight excluding hydrogens is 228 g/mol. The number of rotatable bonds is 6. The molecule has 0 radical (unpaired) electrons. The van der Waals surface area contributed by atoms with Crippen LogP contribution in [0.1, 0.15) is 32.6 Å². The highest BCUT2D eigenvalue weighted by atomic mass is 16.2. The highest BCUT2D eigenvalue weighted by Crippen LogP contribution is 2.07. The summed E-state index contributed by atoms with van der Waals surface area (Å²) in [5, 5.41) is 8.53. The van der Waals surface area contributed by atoms with Gasteiger partial charge in [0.1, 0.15) is 0 Å². The second-order valence-electron chi connectivity index (χ2n) is 4.88. The molecule has 1 saturated heterocycles. The van der Waals surface area contributed by atoms with E-state index in [-0.39, 0.29) is 11.9 Å². The van der Waals surface area contributed by atoms with Gasteiger partial charge in [0.25, 0.3) is 0 Å². The lowest BCUT2D eigenvalue weighted by Gasteiger charge is -2.34. The molecule has 1 amide bonds. The van der Waals surface area contributed by atoms with E-state index in [1.165, 1.54) is 0 Å². The number of nitriles is 1. The fraction of sp³-hybridized carbons (Fsp3) is 0.846. The number of hydrogen-bond donors (Lipinski definition) is 1. The number of amides is 1. The summed E-state index contributed by atoms with van der Waals surface area (Å²) in [7, 11) is 0. The molecule has 0 aromatic heterocycles. The van der Waals surface area contributed by atoms with E-state index in [2.05, 4.69) is 17.9 Å². The molecular formula is C13H24N4O. The molecule has 5 nitrogen and oxygen atoms in total. The Bertz CT molecular complexity index is 292. The number of carbonyl (C=O) groups excluding carboxylic acids is 1. The van der Waals surface area contributed by atoms with E-state index < -0.39 is 0 Å². The predicted octanol–water partition coefficient (Wildman–Crippen LogP) is 0.562. The first-order chi connectivity index (χ1) is 8.67. The van der Waals surface area contributed by atoms with Crippen LogP contribution < -0.4 is 5.73 Å². The summed E-state index contributed by atoms with van der Waals surface area (Å²) in [6, 6.07) is 2.15. The zero-order chi connectivity index (χ0) is 13.4. The number of nitrogens with zero attached hydrogens (tertiary/aromatic N) is 3. The van der Waals surface area contributed by atoms with Gasteiger partial charge in [-0.1, -0.05) is 13.3 Å². The van der Waals surface area contributed by atoms with E-state index in [0.717, 1.165) is 45.6 Å². The molecule has 0 aromatic rings. The van der Waals surface area contributed by atoms with Gasteiger partial charge in [-0.15, -0.1) is 0 Å². The highest BCUT2D eigenvalue weighted by Gasteiger charge is 2.21. The second kappa shape index (κ2) is 8.06. The van der Waals surface area contributed by atoms with Gasteiger partial charge in [0.05, 0.1) is 6.07 Å². The van der Waals surface area contributed by atoms with Crippen LogP contribution >= 0.6 is 0 Å². The van der Waals surface area contributed by atoms with Crippen molar-refractivity contribution < 1.29 is 4.79 Å². The predicted molar refractivity (Wildman–Crippen MR) is 70.8 cm³/mol. The van der Waals surface area contributed by atoms with Crippen LogP contribution in [-0.2, 0) is 4.79 Å². The molecule has 0 spiro atoms. The maximum Gasteiger partial charge on any atom is 0.224 e. The molecule has 18 heavy (non-hydrogen) atoms. The molecule has 1 fully saturated rings. The molecule has 0 aromatic carbocycles. The van der Waals surface area contributed by atoms with Crippen LogP contribution in [0.5, 0.6) is 0 Å². The van der Waals surface area contributed by atoms with Crippen molar-refractivity contribution in [3.63, 3.8) is 0 Å². The Kier molecular flexibility index (Phi) is 6.69. The summed E-state index contributed by atoms with van der Waals surface area (Å²) in [5.41, 5.74) is 5.89. The largest absolute Gasteiger partial charge is 0.340 e. The van der Waals surface area contributed by atoms with Crippen molar-refractivity contribution in [2.75, 3.05) is 32.7 Å². The SMILES string of the molecule is CCCC(N)CC(=O)N1CCN(CCC#N)CC1. The van der Waals surface area contributed by atoms with Gasteiger partial charge in [-0.2, -0.15) is 5.26 Å². The molecule has 0 saturated carbocycles. The normalized spacial score (nSPS) is 18.4. The summed E-state index contributed by atoms with van der Waals surface area (Å²) in [6.45, 7) is 6.17. The van der Waals surface area contributed by atoms with Crippen molar-refractivity contribution >= 4 is 5.91 Å². The lowest BCUT2D eigenvalue weighted by molar-refractivity contribution is -0.133. The van der Waals surface area contributed by atoms with Gasteiger partial charge in [-0.3, -0.25) is 9.69 Å². The van der Waals surface area contributed by atoms with E-state index in [9.17, 15) is 4.79 Å². The molecule has 102 valence electrons. The Morgan fingerprint density at radius 2 is 2.06 bits per heavy atom. The minimum Gasteiger partial charge on any atom is -0.340 e. The standard InChI is InChI=1S/C13H24N4O/c1-2-4-12(15)11-13(18)17-9-7-16(8-10-17)6-3-5-14/h12H,2-4,6-11,15H2,1H3. The Hall–Kier alpha value is -1.12.